The predicted octanol–water partition coefficient (Wildman–Crippen LogP) is 1.36. The number of aliphatic hydroxyl groups is 1. The van der Waals surface area contributed by atoms with Gasteiger partial charge < -0.3 is 15.2 Å². The minimum atomic E-state index is -2.94. The van der Waals surface area contributed by atoms with E-state index in [1.807, 2.05) is 31.2 Å². The lowest BCUT2D eigenvalue weighted by Gasteiger charge is -2.25. The van der Waals surface area contributed by atoms with Gasteiger partial charge in [-0.25, -0.2) is 8.42 Å². The fourth-order valence-electron chi connectivity index (χ4n) is 2.30. The van der Waals surface area contributed by atoms with Crippen LogP contribution in [-0.4, -0.2) is 49.8 Å². The number of β-amino-alcohol motifs (C(OH)–C–C–N with tert-alkyl or cyclic N) is 1. The van der Waals surface area contributed by atoms with Crippen molar-refractivity contribution >= 4 is 25.8 Å². The maximum Gasteiger partial charge on any atom is 0.152 e. The molecular formula is C14H20BrNO4S. The summed E-state index contributed by atoms with van der Waals surface area (Å²) in [6.45, 7) is 2.35. The van der Waals surface area contributed by atoms with Crippen molar-refractivity contribution in [3.05, 3.63) is 28.7 Å². The Hall–Kier alpha value is -0.630. The highest BCUT2D eigenvalue weighted by Gasteiger charge is 2.38. The Bertz CT molecular complexity index is 575. The van der Waals surface area contributed by atoms with E-state index in [1.54, 1.807) is 0 Å². The van der Waals surface area contributed by atoms with E-state index in [2.05, 4.69) is 21.2 Å². The van der Waals surface area contributed by atoms with Gasteiger partial charge in [0.2, 0.25) is 0 Å². The van der Waals surface area contributed by atoms with Crippen molar-refractivity contribution in [2.24, 2.45) is 0 Å². The molecule has 2 rings (SSSR count). The van der Waals surface area contributed by atoms with E-state index in [1.165, 1.54) is 0 Å². The first-order chi connectivity index (χ1) is 9.78. The van der Waals surface area contributed by atoms with Crippen LogP contribution < -0.4 is 10.1 Å². The molecule has 1 aliphatic rings. The summed E-state index contributed by atoms with van der Waals surface area (Å²) in [6.07, 6.45) is -0.107. The van der Waals surface area contributed by atoms with Crippen LogP contribution in [0, 0.1) is 0 Å². The van der Waals surface area contributed by atoms with Crippen LogP contribution in [0.2, 0.25) is 0 Å². The Morgan fingerprint density at radius 3 is 2.67 bits per heavy atom. The molecule has 0 amide bonds. The molecule has 0 aromatic heterocycles. The fraction of sp³-hybridized carbons (Fsp3) is 0.571. The predicted molar refractivity (Wildman–Crippen MR) is 85.3 cm³/mol. The Balaban J connectivity index is 1.75. The van der Waals surface area contributed by atoms with E-state index in [0.717, 1.165) is 4.47 Å². The van der Waals surface area contributed by atoms with Crippen molar-refractivity contribution in [1.29, 1.82) is 0 Å². The topological polar surface area (TPSA) is 75.6 Å². The van der Waals surface area contributed by atoms with E-state index in [9.17, 15) is 13.5 Å². The zero-order valence-electron chi connectivity index (χ0n) is 11.9. The molecule has 1 saturated heterocycles. The maximum atomic E-state index is 11.5. The molecule has 1 aliphatic heterocycles. The SMILES string of the molecule is CC1(NCC(O)COc2ccc(Br)cc2)CCS(=O)(=O)C1. The third kappa shape index (κ3) is 5.25. The summed E-state index contributed by atoms with van der Waals surface area (Å²) in [4.78, 5) is 0. The average Bonchev–Trinajstić information content (AvgIpc) is 2.70. The zero-order valence-corrected chi connectivity index (χ0v) is 14.3. The molecule has 21 heavy (non-hydrogen) atoms. The van der Waals surface area contributed by atoms with Gasteiger partial charge in [0.1, 0.15) is 18.5 Å². The van der Waals surface area contributed by atoms with Gasteiger partial charge in [-0.3, -0.25) is 0 Å². The average molecular weight is 378 g/mol. The third-order valence-electron chi connectivity index (χ3n) is 3.52. The highest BCUT2D eigenvalue weighted by Crippen LogP contribution is 2.22. The summed E-state index contributed by atoms with van der Waals surface area (Å²) in [5.74, 6) is 1.02. The molecule has 0 radical (unpaired) electrons. The van der Waals surface area contributed by atoms with Gasteiger partial charge in [0.15, 0.2) is 9.84 Å². The molecule has 1 fully saturated rings. The number of rotatable bonds is 6. The first kappa shape index (κ1) is 16.7. The Morgan fingerprint density at radius 1 is 1.43 bits per heavy atom. The second kappa shape index (κ2) is 6.64. The third-order valence-corrected chi connectivity index (χ3v) is 5.96. The molecule has 0 spiro atoms. The standard InChI is InChI=1S/C14H20BrNO4S/c1-14(6-7-21(18,19)10-14)16-8-12(17)9-20-13-4-2-11(15)3-5-13/h2-5,12,16-17H,6-10H2,1H3. The monoisotopic (exact) mass is 377 g/mol. The zero-order chi connectivity index (χ0) is 15.5. The molecule has 2 atom stereocenters. The summed E-state index contributed by atoms with van der Waals surface area (Å²) in [6, 6.07) is 7.36. The quantitative estimate of drug-likeness (QED) is 0.782. The summed E-state index contributed by atoms with van der Waals surface area (Å²) in [7, 11) is -2.94. The number of sulfone groups is 1. The molecular weight excluding hydrogens is 358 g/mol. The molecule has 0 aliphatic carbocycles. The van der Waals surface area contributed by atoms with Crippen molar-refractivity contribution in [3.8, 4) is 5.75 Å². The van der Waals surface area contributed by atoms with Crippen LogP contribution in [0.15, 0.2) is 28.7 Å². The van der Waals surface area contributed by atoms with Crippen LogP contribution in [0.5, 0.6) is 5.75 Å². The minimum absolute atomic E-state index is 0.125. The second-order valence-electron chi connectivity index (χ2n) is 5.70. The van der Waals surface area contributed by atoms with Crippen molar-refractivity contribution < 1.29 is 18.3 Å². The molecule has 1 heterocycles. The normalized spacial score (nSPS) is 25.7. The van der Waals surface area contributed by atoms with E-state index in [-0.39, 0.29) is 18.1 Å². The minimum Gasteiger partial charge on any atom is -0.491 e. The van der Waals surface area contributed by atoms with Crippen molar-refractivity contribution in [1.82, 2.24) is 5.32 Å². The van der Waals surface area contributed by atoms with Gasteiger partial charge in [0.05, 0.1) is 11.5 Å². The Kier molecular flexibility index (Phi) is 5.29. The van der Waals surface area contributed by atoms with Crippen LogP contribution in [-0.2, 0) is 9.84 Å². The van der Waals surface area contributed by atoms with Crippen molar-refractivity contribution in [2.45, 2.75) is 25.0 Å². The van der Waals surface area contributed by atoms with Gasteiger partial charge in [-0.2, -0.15) is 0 Å². The van der Waals surface area contributed by atoms with Crippen LogP contribution in [0.1, 0.15) is 13.3 Å². The molecule has 1 aromatic carbocycles. The van der Waals surface area contributed by atoms with E-state index >= 15 is 0 Å². The van der Waals surface area contributed by atoms with Gasteiger partial charge in [0.25, 0.3) is 0 Å². The molecule has 1 aromatic rings. The van der Waals surface area contributed by atoms with Crippen molar-refractivity contribution in [2.75, 3.05) is 24.7 Å². The molecule has 118 valence electrons. The highest BCUT2D eigenvalue weighted by molar-refractivity contribution is 9.10. The van der Waals surface area contributed by atoms with Gasteiger partial charge in [0, 0.05) is 16.6 Å². The molecule has 0 bridgehead atoms. The number of aliphatic hydroxyl groups excluding tert-OH is 1. The van der Waals surface area contributed by atoms with E-state index in [0.29, 0.717) is 18.7 Å². The summed E-state index contributed by atoms with van der Waals surface area (Å²) in [5.41, 5.74) is -0.447. The molecule has 2 unspecified atom stereocenters. The summed E-state index contributed by atoms with van der Waals surface area (Å²) in [5, 5.41) is 13.1. The molecule has 7 heteroatoms. The first-order valence-corrected chi connectivity index (χ1v) is 9.41. The van der Waals surface area contributed by atoms with E-state index in [4.69, 9.17) is 4.74 Å². The van der Waals surface area contributed by atoms with Gasteiger partial charge in [-0.05, 0) is 37.6 Å². The lowest BCUT2D eigenvalue weighted by molar-refractivity contribution is 0.0993. The highest BCUT2D eigenvalue weighted by atomic mass is 79.9. The van der Waals surface area contributed by atoms with Gasteiger partial charge in [-0.1, -0.05) is 15.9 Å². The van der Waals surface area contributed by atoms with Gasteiger partial charge >= 0.3 is 0 Å². The Morgan fingerprint density at radius 2 is 2.10 bits per heavy atom. The second-order valence-corrected chi connectivity index (χ2v) is 8.80. The number of ether oxygens (including phenoxy) is 1. The first-order valence-electron chi connectivity index (χ1n) is 6.80. The number of hydrogen-bond donors (Lipinski definition) is 2. The van der Waals surface area contributed by atoms with Crippen molar-refractivity contribution in [3.63, 3.8) is 0 Å². The molecule has 0 saturated carbocycles. The summed E-state index contributed by atoms with van der Waals surface area (Å²) >= 11 is 3.34. The maximum absolute atomic E-state index is 11.5. The smallest absolute Gasteiger partial charge is 0.152 e. The lowest BCUT2D eigenvalue weighted by atomic mass is 10.0. The Labute approximate surface area is 133 Å². The largest absolute Gasteiger partial charge is 0.491 e. The van der Waals surface area contributed by atoms with Crippen LogP contribution in [0.3, 0.4) is 0 Å². The summed E-state index contributed by atoms with van der Waals surface area (Å²) < 4.78 is 29.4. The number of benzene rings is 1. The van der Waals surface area contributed by atoms with Crippen LogP contribution in [0.25, 0.3) is 0 Å². The van der Waals surface area contributed by atoms with Crippen LogP contribution in [0.4, 0.5) is 0 Å². The number of nitrogens with one attached hydrogen (secondary N) is 1. The van der Waals surface area contributed by atoms with Gasteiger partial charge in [-0.15, -0.1) is 0 Å². The molecule has 5 nitrogen and oxygen atoms in total. The van der Waals surface area contributed by atoms with Crippen LogP contribution >= 0.6 is 15.9 Å². The number of halogens is 1. The fourth-order valence-corrected chi connectivity index (χ4v) is 4.68. The molecule has 2 N–H and O–H groups in total. The lowest BCUT2D eigenvalue weighted by Crippen LogP contribution is -2.47. The number of hydrogen-bond acceptors (Lipinski definition) is 5. The van der Waals surface area contributed by atoms with E-state index < -0.39 is 21.5 Å².